The zero-order valence-corrected chi connectivity index (χ0v) is 12.1. The highest BCUT2D eigenvalue weighted by atomic mass is 16.5. The van der Waals surface area contributed by atoms with Crippen LogP contribution in [0.1, 0.15) is 35.7 Å². The fourth-order valence-corrected chi connectivity index (χ4v) is 2.74. The van der Waals surface area contributed by atoms with Gasteiger partial charge in [-0.1, -0.05) is 6.92 Å². The highest BCUT2D eigenvalue weighted by Gasteiger charge is 2.21. The van der Waals surface area contributed by atoms with Gasteiger partial charge in [-0.3, -0.25) is 4.79 Å². The van der Waals surface area contributed by atoms with Crippen LogP contribution >= 0.6 is 0 Å². The Morgan fingerprint density at radius 3 is 2.63 bits per heavy atom. The second-order valence-electron chi connectivity index (χ2n) is 5.45. The highest BCUT2D eigenvalue weighted by molar-refractivity contribution is 5.99. The van der Waals surface area contributed by atoms with Crippen LogP contribution < -0.4 is 4.74 Å². The lowest BCUT2D eigenvalue weighted by Gasteiger charge is -2.20. The van der Waals surface area contributed by atoms with Crippen LogP contribution in [0.4, 0.5) is 0 Å². The molecule has 0 bridgehead atoms. The van der Waals surface area contributed by atoms with Crippen LogP contribution in [-0.2, 0) is 0 Å². The Morgan fingerprint density at radius 1 is 1.37 bits per heavy atom. The summed E-state index contributed by atoms with van der Waals surface area (Å²) in [5, 5.41) is 0. The summed E-state index contributed by atoms with van der Waals surface area (Å²) >= 11 is 0. The lowest BCUT2D eigenvalue weighted by atomic mass is 9.95. The molecule has 0 radical (unpaired) electrons. The summed E-state index contributed by atoms with van der Waals surface area (Å²) in [5.74, 6) is 1.11. The van der Waals surface area contributed by atoms with Gasteiger partial charge in [-0.05, 0) is 56.6 Å². The van der Waals surface area contributed by atoms with Gasteiger partial charge < -0.3 is 9.64 Å². The minimum Gasteiger partial charge on any atom is -0.497 e. The summed E-state index contributed by atoms with van der Waals surface area (Å²) in [4.78, 5) is 14.9. The summed E-state index contributed by atoms with van der Waals surface area (Å²) in [5.41, 5.74) is 1.82. The average Bonchev–Trinajstić information content (AvgIpc) is 2.90. The Labute approximate surface area is 115 Å². The van der Waals surface area contributed by atoms with Crippen molar-refractivity contribution in [3.05, 3.63) is 29.3 Å². The molecule has 1 saturated heterocycles. The Balaban J connectivity index is 2.05. The van der Waals surface area contributed by atoms with Crippen LogP contribution in [0.15, 0.2) is 18.2 Å². The summed E-state index contributed by atoms with van der Waals surface area (Å²) in [6.07, 6.45) is 2.53. The van der Waals surface area contributed by atoms with Gasteiger partial charge in [0, 0.05) is 18.0 Å². The molecule has 104 valence electrons. The molecule has 1 unspecified atom stereocenters. The molecular weight excluding hydrogens is 238 g/mol. The summed E-state index contributed by atoms with van der Waals surface area (Å²) in [7, 11) is 1.65. The van der Waals surface area contributed by atoms with E-state index in [1.807, 2.05) is 32.0 Å². The lowest BCUT2D eigenvalue weighted by molar-refractivity contribution is 0.0902. The first-order valence-electron chi connectivity index (χ1n) is 7.03. The number of ketones is 1. The van der Waals surface area contributed by atoms with E-state index in [0.29, 0.717) is 0 Å². The molecule has 1 fully saturated rings. The van der Waals surface area contributed by atoms with Gasteiger partial charge in [0.2, 0.25) is 0 Å². The third-order valence-corrected chi connectivity index (χ3v) is 3.88. The maximum Gasteiger partial charge on any atom is 0.167 e. The predicted molar refractivity (Wildman–Crippen MR) is 76.9 cm³/mol. The number of hydrogen-bond acceptors (Lipinski definition) is 3. The average molecular weight is 261 g/mol. The minimum absolute atomic E-state index is 0.0604. The molecule has 1 aliphatic heterocycles. The van der Waals surface area contributed by atoms with Crippen molar-refractivity contribution in [1.29, 1.82) is 0 Å². The highest BCUT2D eigenvalue weighted by Crippen LogP contribution is 2.21. The normalized spacial score (nSPS) is 17.4. The van der Waals surface area contributed by atoms with Gasteiger partial charge in [0.15, 0.2) is 5.78 Å². The Bertz CT molecular complexity index is 450. The predicted octanol–water partition coefficient (Wildman–Crippen LogP) is 2.92. The first-order chi connectivity index (χ1) is 9.11. The number of aryl methyl sites for hydroxylation is 1. The van der Waals surface area contributed by atoms with E-state index in [1.54, 1.807) is 7.11 Å². The first kappa shape index (κ1) is 14.1. The number of carbonyl (C=O) groups is 1. The molecule has 3 heteroatoms. The number of nitrogens with zero attached hydrogens (tertiary/aromatic N) is 1. The number of rotatable bonds is 5. The monoisotopic (exact) mass is 261 g/mol. The topological polar surface area (TPSA) is 29.5 Å². The molecule has 1 aromatic carbocycles. The zero-order valence-electron chi connectivity index (χ0n) is 12.1. The molecule has 0 spiro atoms. The van der Waals surface area contributed by atoms with Crippen molar-refractivity contribution < 1.29 is 9.53 Å². The van der Waals surface area contributed by atoms with Gasteiger partial charge in [-0.2, -0.15) is 0 Å². The Morgan fingerprint density at radius 2 is 2.05 bits per heavy atom. The van der Waals surface area contributed by atoms with Gasteiger partial charge in [0.25, 0.3) is 0 Å². The van der Waals surface area contributed by atoms with Crippen LogP contribution in [0.3, 0.4) is 0 Å². The molecule has 0 aromatic heterocycles. The van der Waals surface area contributed by atoms with Crippen LogP contribution in [0.5, 0.6) is 5.75 Å². The largest absolute Gasteiger partial charge is 0.497 e. The third kappa shape index (κ3) is 3.35. The Hall–Kier alpha value is -1.35. The van der Waals surface area contributed by atoms with Gasteiger partial charge >= 0.3 is 0 Å². The SMILES string of the molecule is COc1ccc(C(=O)C(C)CN2CCCC2)c(C)c1. The molecule has 0 N–H and O–H groups in total. The molecule has 2 rings (SSSR count). The Kier molecular flexibility index (Phi) is 4.59. The molecule has 0 saturated carbocycles. The molecule has 0 aliphatic carbocycles. The van der Waals surface area contributed by atoms with E-state index in [0.717, 1.165) is 36.5 Å². The number of benzene rings is 1. The van der Waals surface area contributed by atoms with E-state index in [4.69, 9.17) is 4.74 Å². The van der Waals surface area contributed by atoms with Crippen molar-refractivity contribution in [2.24, 2.45) is 5.92 Å². The van der Waals surface area contributed by atoms with Crippen LogP contribution in [0, 0.1) is 12.8 Å². The van der Waals surface area contributed by atoms with Crippen LogP contribution in [0.25, 0.3) is 0 Å². The van der Waals surface area contributed by atoms with Crippen molar-refractivity contribution in [3.8, 4) is 5.75 Å². The summed E-state index contributed by atoms with van der Waals surface area (Å²) < 4.78 is 5.18. The van der Waals surface area contributed by atoms with Crippen LogP contribution in [0.2, 0.25) is 0 Å². The minimum atomic E-state index is 0.0604. The number of carbonyl (C=O) groups excluding carboxylic acids is 1. The molecule has 3 nitrogen and oxygen atoms in total. The standard InChI is InChI=1S/C16H23NO2/c1-12-10-14(19-3)6-7-15(12)16(18)13(2)11-17-8-4-5-9-17/h6-7,10,13H,4-5,8-9,11H2,1-3H3. The number of Topliss-reactive ketones (excluding diaryl/α,β-unsaturated/α-hetero) is 1. The molecule has 19 heavy (non-hydrogen) atoms. The number of ether oxygens (including phenoxy) is 1. The van der Waals surface area contributed by atoms with Gasteiger partial charge in [-0.25, -0.2) is 0 Å². The maximum atomic E-state index is 12.5. The second kappa shape index (κ2) is 6.20. The van der Waals surface area contributed by atoms with E-state index < -0.39 is 0 Å². The molecule has 1 atom stereocenters. The van der Waals surface area contributed by atoms with Crippen molar-refractivity contribution in [2.75, 3.05) is 26.7 Å². The zero-order chi connectivity index (χ0) is 13.8. The fraction of sp³-hybridized carbons (Fsp3) is 0.562. The molecular formula is C16H23NO2. The van der Waals surface area contributed by atoms with Crippen molar-refractivity contribution in [2.45, 2.75) is 26.7 Å². The molecule has 1 aromatic rings. The smallest absolute Gasteiger partial charge is 0.167 e. The number of likely N-dealkylation sites (tertiary alicyclic amines) is 1. The van der Waals surface area contributed by atoms with Gasteiger partial charge in [0.05, 0.1) is 7.11 Å². The lowest BCUT2D eigenvalue weighted by Crippen LogP contribution is -2.29. The van der Waals surface area contributed by atoms with E-state index in [9.17, 15) is 4.79 Å². The van der Waals surface area contributed by atoms with E-state index in [-0.39, 0.29) is 11.7 Å². The summed E-state index contributed by atoms with van der Waals surface area (Å²) in [6.45, 7) is 7.16. The number of hydrogen-bond donors (Lipinski definition) is 0. The third-order valence-electron chi connectivity index (χ3n) is 3.88. The van der Waals surface area contributed by atoms with Crippen molar-refractivity contribution in [1.82, 2.24) is 4.90 Å². The molecule has 0 amide bonds. The summed E-state index contributed by atoms with van der Waals surface area (Å²) in [6, 6.07) is 5.68. The number of methoxy groups -OCH3 is 1. The van der Waals surface area contributed by atoms with Crippen LogP contribution in [-0.4, -0.2) is 37.4 Å². The van der Waals surface area contributed by atoms with Gasteiger partial charge in [0.1, 0.15) is 5.75 Å². The molecule has 1 heterocycles. The van der Waals surface area contributed by atoms with Crippen molar-refractivity contribution in [3.63, 3.8) is 0 Å². The quantitative estimate of drug-likeness (QED) is 0.763. The van der Waals surface area contributed by atoms with E-state index >= 15 is 0 Å². The fourth-order valence-electron chi connectivity index (χ4n) is 2.74. The molecule has 1 aliphatic rings. The first-order valence-corrected chi connectivity index (χ1v) is 7.03. The second-order valence-corrected chi connectivity index (χ2v) is 5.45. The van der Waals surface area contributed by atoms with Crippen molar-refractivity contribution >= 4 is 5.78 Å². The van der Waals surface area contributed by atoms with E-state index in [2.05, 4.69) is 4.90 Å². The maximum absolute atomic E-state index is 12.5. The van der Waals surface area contributed by atoms with E-state index in [1.165, 1.54) is 12.8 Å². The van der Waals surface area contributed by atoms with Gasteiger partial charge in [-0.15, -0.1) is 0 Å².